The molecular weight excluding hydrogens is 272 g/mol. The van der Waals surface area contributed by atoms with Crippen LogP contribution in [0.2, 0.25) is 0 Å². The van der Waals surface area contributed by atoms with Crippen molar-refractivity contribution in [2.75, 3.05) is 5.75 Å². The SMILES string of the molecule is O=C(OO)C1(CSC2CCCC2)C=CC=C(Cl)C1. The van der Waals surface area contributed by atoms with Gasteiger partial charge in [-0.05, 0) is 18.9 Å². The van der Waals surface area contributed by atoms with Crippen LogP contribution in [0.1, 0.15) is 32.1 Å². The first-order valence-electron chi connectivity index (χ1n) is 6.18. The molecule has 0 aliphatic heterocycles. The standard InChI is InChI=1S/C13H17ClO3S/c14-10-4-3-7-13(8-10,12(15)17-16)9-18-11-5-1-2-6-11/h3-4,7,11,16H,1-2,5-6,8-9H2. The molecule has 1 saturated carbocycles. The number of allylic oxidation sites excluding steroid dienone is 3. The van der Waals surface area contributed by atoms with Crippen LogP contribution in [0.25, 0.3) is 0 Å². The number of rotatable bonds is 4. The Balaban J connectivity index is 2.03. The van der Waals surface area contributed by atoms with Crippen LogP contribution in [0.15, 0.2) is 23.3 Å². The number of carbonyl (C=O) groups is 1. The van der Waals surface area contributed by atoms with Crippen LogP contribution in [0.4, 0.5) is 0 Å². The third-order valence-electron chi connectivity index (χ3n) is 3.54. The fraction of sp³-hybridized carbons (Fsp3) is 0.615. The van der Waals surface area contributed by atoms with Crippen molar-refractivity contribution >= 4 is 29.3 Å². The number of carbonyl (C=O) groups excluding carboxylic acids is 1. The summed E-state index contributed by atoms with van der Waals surface area (Å²) in [6, 6.07) is 0. The second-order valence-electron chi connectivity index (χ2n) is 4.90. The predicted molar refractivity (Wildman–Crippen MR) is 73.6 cm³/mol. The lowest BCUT2D eigenvalue weighted by atomic mass is 9.83. The minimum Gasteiger partial charge on any atom is -0.300 e. The molecule has 3 nitrogen and oxygen atoms in total. The first kappa shape index (κ1) is 14.0. The molecule has 0 bridgehead atoms. The Morgan fingerprint density at radius 3 is 2.89 bits per heavy atom. The maximum Gasteiger partial charge on any atom is 0.353 e. The van der Waals surface area contributed by atoms with E-state index in [0.717, 1.165) is 0 Å². The van der Waals surface area contributed by atoms with Crippen molar-refractivity contribution in [3.05, 3.63) is 23.3 Å². The minimum atomic E-state index is -0.812. The fourth-order valence-corrected chi connectivity index (χ4v) is 4.29. The summed E-state index contributed by atoms with van der Waals surface area (Å²) in [7, 11) is 0. The normalized spacial score (nSPS) is 28.2. The van der Waals surface area contributed by atoms with Gasteiger partial charge in [-0.3, -0.25) is 4.89 Å². The Hall–Kier alpha value is -0.450. The molecule has 1 atom stereocenters. The molecule has 0 spiro atoms. The predicted octanol–water partition coefficient (Wildman–Crippen LogP) is 3.75. The van der Waals surface area contributed by atoms with Gasteiger partial charge in [-0.1, -0.05) is 36.6 Å². The summed E-state index contributed by atoms with van der Waals surface area (Å²) in [5, 5.41) is 9.91. The second-order valence-corrected chi connectivity index (χ2v) is 6.68. The van der Waals surface area contributed by atoms with Gasteiger partial charge in [-0.2, -0.15) is 17.0 Å². The Morgan fingerprint density at radius 1 is 1.56 bits per heavy atom. The summed E-state index contributed by atoms with van der Waals surface area (Å²) in [5.74, 6) is -0.00653. The maximum absolute atomic E-state index is 11.8. The highest BCUT2D eigenvalue weighted by atomic mass is 35.5. The second kappa shape index (κ2) is 6.13. The van der Waals surface area contributed by atoms with Crippen LogP contribution in [0.3, 0.4) is 0 Å². The summed E-state index contributed by atoms with van der Waals surface area (Å²) in [6.45, 7) is 0. The van der Waals surface area contributed by atoms with Gasteiger partial charge in [-0.25, -0.2) is 4.79 Å². The number of halogens is 1. The molecule has 5 heteroatoms. The topological polar surface area (TPSA) is 46.5 Å². The molecule has 2 aliphatic carbocycles. The maximum atomic E-state index is 11.8. The molecule has 1 N–H and O–H groups in total. The molecule has 0 aromatic heterocycles. The Kier molecular flexibility index (Phi) is 4.76. The van der Waals surface area contributed by atoms with Crippen LogP contribution in [-0.2, 0) is 9.68 Å². The summed E-state index contributed by atoms with van der Waals surface area (Å²) in [4.78, 5) is 15.8. The van der Waals surface area contributed by atoms with Crippen LogP contribution >= 0.6 is 23.4 Å². The largest absolute Gasteiger partial charge is 0.353 e. The molecule has 0 radical (unpaired) electrons. The summed E-state index contributed by atoms with van der Waals surface area (Å²) in [6.07, 6.45) is 10.7. The third-order valence-corrected chi connectivity index (χ3v) is 5.43. The van der Waals surface area contributed by atoms with Crippen molar-refractivity contribution in [1.29, 1.82) is 0 Å². The molecule has 1 unspecified atom stereocenters. The molecule has 2 rings (SSSR count). The molecule has 0 heterocycles. The number of hydrogen-bond donors (Lipinski definition) is 1. The van der Waals surface area contributed by atoms with Gasteiger partial charge in [0.2, 0.25) is 0 Å². The molecular formula is C13H17ClO3S. The van der Waals surface area contributed by atoms with Crippen LogP contribution < -0.4 is 0 Å². The highest BCUT2D eigenvalue weighted by Gasteiger charge is 2.40. The van der Waals surface area contributed by atoms with E-state index in [4.69, 9.17) is 16.9 Å². The first-order valence-corrected chi connectivity index (χ1v) is 7.60. The zero-order chi connectivity index (χ0) is 13.0. The highest BCUT2D eigenvalue weighted by molar-refractivity contribution is 7.99. The van der Waals surface area contributed by atoms with E-state index in [9.17, 15) is 4.79 Å². The zero-order valence-corrected chi connectivity index (χ0v) is 11.7. The van der Waals surface area contributed by atoms with Crippen molar-refractivity contribution in [2.45, 2.75) is 37.4 Å². The van der Waals surface area contributed by atoms with Gasteiger partial charge >= 0.3 is 5.97 Å². The van der Waals surface area contributed by atoms with E-state index in [1.54, 1.807) is 30.0 Å². The fourth-order valence-electron chi connectivity index (χ4n) is 2.47. The Bertz CT molecular complexity index is 374. The molecule has 0 amide bonds. The van der Waals surface area contributed by atoms with Gasteiger partial charge in [-0.15, -0.1) is 0 Å². The minimum absolute atomic E-state index is 0.407. The Morgan fingerprint density at radius 2 is 2.28 bits per heavy atom. The zero-order valence-electron chi connectivity index (χ0n) is 10.1. The lowest BCUT2D eigenvalue weighted by molar-refractivity contribution is -0.242. The number of thioether (sulfide) groups is 1. The molecule has 0 aromatic carbocycles. The van der Waals surface area contributed by atoms with E-state index >= 15 is 0 Å². The van der Waals surface area contributed by atoms with E-state index in [1.165, 1.54) is 25.7 Å². The average Bonchev–Trinajstić information content (AvgIpc) is 2.88. The third kappa shape index (κ3) is 3.11. The average molecular weight is 289 g/mol. The molecule has 18 heavy (non-hydrogen) atoms. The van der Waals surface area contributed by atoms with Gasteiger partial charge in [0.05, 0.1) is 0 Å². The summed E-state index contributed by atoms with van der Waals surface area (Å²) in [5.41, 5.74) is -0.812. The van der Waals surface area contributed by atoms with Gasteiger partial charge < -0.3 is 0 Å². The van der Waals surface area contributed by atoms with Crippen LogP contribution in [0.5, 0.6) is 0 Å². The molecule has 1 fully saturated rings. The Labute approximate surface area is 116 Å². The van der Waals surface area contributed by atoms with E-state index in [-0.39, 0.29) is 0 Å². The van der Waals surface area contributed by atoms with Crippen molar-refractivity contribution in [3.8, 4) is 0 Å². The van der Waals surface area contributed by atoms with E-state index in [2.05, 4.69) is 4.89 Å². The highest BCUT2D eigenvalue weighted by Crippen LogP contribution is 2.41. The molecule has 0 saturated heterocycles. The summed E-state index contributed by atoms with van der Waals surface area (Å²) >= 11 is 7.79. The van der Waals surface area contributed by atoms with Gasteiger partial charge in [0.25, 0.3) is 0 Å². The van der Waals surface area contributed by atoms with E-state index < -0.39 is 11.4 Å². The summed E-state index contributed by atoms with van der Waals surface area (Å²) < 4.78 is 0. The lowest BCUT2D eigenvalue weighted by Crippen LogP contribution is -2.34. The van der Waals surface area contributed by atoms with Crippen molar-refractivity contribution in [1.82, 2.24) is 0 Å². The molecule has 0 aromatic rings. The van der Waals surface area contributed by atoms with Crippen LogP contribution in [-0.4, -0.2) is 22.2 Å². The quantitative estimate of drug-likeness (QED) is 0.632. The monoisotopic (exact) mass is 288 g/mol. The molecule has 100 valence electrons. The smallest absolute Gasteiger partial charge is 0.300 e. The number of hydrogen-bond acceptors (Lipinski definition) is 4. The van der Waals surface area contributed by atoms with Gasteiger partial charge in [0.15, 0.2) is 0 Å². The first-order chi connectivity index (χ1) is 8.66. The van der Waals surface area contributed by atoms with Gasteiger partial charge in [0.1, 0.15) is 5.41 Å². The van der Waals surface area contributed by atoms with Crippen LogP contribution in [0, 0.1) is 5.41 Å². The van der Waals surface area contributed by atoms with E-state index in [1.807, 2.05) is 0 Å². The van der Waals surface area contributed by atoms with Crippen molar-refractivity contribution < 1.29 is 14.9 Å². The molecule has 2 aliphatic rings. The lowest BCUT2D eigenvalue weighted by Gasteiger charge is -2.29. The van der Waals surface area contributed by atoms with Crippen molar-refractivity contribution in [2.24, 2.45) is 5.41 Å². The van der Waals surface area contributed by atoms with E-state index in [0.29, 0.717) is 22.5 Å². The van der Waals surface area contributed by atoms with Crippen molar-refractivity contribution in [3.63, 3.8) is 0 Å². The van der Waals surface area contributed by atoms with Gasteiger partial charge in [0, 0.05) is 22.5 Å².